The molecule has 0 saturated carbocycles. The number of nitrogens with zero attached hydrogens (tertiary/aromatic N) is 5. The molecule has 0 aliphatic carbocycles. The van der Waals surface area contributed by atoms with E-state index in [9.17, 15) is 14.7 Å². The quantitative estimate of drug-likeness (QED) is 0.222. The molecule has 0 unspecified atom stereocenters. The van der Waals surface area contributed by atoms with Crippen molar-refractivity contribution in [2.75, 3.05) is 17.7 Å². The highest BCUT2D eigenvalue weighted by atomic mass is 32.2. The van der Waals surface area contributed by atoms with E-state index in [0.29, 0.717) is 33.8 Å². The Kier molecular flexibility index (Phi) is 8.45. The molecule has 0 atom stereocenters. The van der Waals surface area contributed by atoms with E-state index in [-0.39, 0.29) is 28.8 Å². The van der Waals surface area contributed by atoms with Crippen molar-refractivity contribution < 1.29 is 14.6 Å². The second-order valence-electron chi connectivity index (χ2n) is 10.9. The number of pyridine rings is 1. The predicted octanol–water partition coefficient (Wildman–Crippen LogP) is 4.30. The Morgan fingerprint density at radius 1 is 1.02 bits per heavy atom. The first-order valence-corrected chi connectivity index (χ1v) is 14.5. The van der Waals surface area contributed by atoms with Crippen LogP contribution in [0.15, 0.2) is 75.4 Å². The smallest absolute Gasteiger partial charge is 0.290 e. The van der Waals surface area contributed by atoms with Crippen LogP contribution < -0.4 is 16.4 Å². The van der Waals surface area contributed by atoms with E-state index in [1.807, 2.05) is 26.8 Å². The highest BCUT2D eigenvalue weighted by molar-refractivity contribution is 7.99. The van der Waals surface area contributed by atoms with Crippen LogP contribution in [0, 0.1) is 5.82 Å². The molecule has 2 aromatic carbocycles. The molecule has 0 aliphatic rings. The Morgan fingerprint density at radius 2 is 1.81 bits per heavy atom. The van der Waals surface area contributed by atoms with Crippen LogP contribution in [0.2, 0.25) is 0 Å². The Bertz CT molecular complexity index is 1930. The number of anilines is 2. The van der Waals surface area contributed by atoms with Crippen LogP contribution in [0.25, 0.3) is 27.7 Å². The van der Waals surface area contributed by atoms with Gasteiger partial charge in [0.2, 0.25) is 0 Å². The van der Waals surface area contributed by atoms with Crippen molar-refractivity contribution in [2.24, 2.45) is 7.05 Å². The van der Waals surface area contributed by atoms with Gasteiger partial charge < -0.3 is 15.5 Å². The topological polar surface area (TPSA) is 135 Å². The van der Waals surface area contributed by atoms with E-state index < -0.39 is 23.5 Å². The summed E-state index contributed by atoms with van der Waals surface area (Å²) in [4.78, 5) is 31.7. The van der Waals surface area contributed by atoms with Gasteiger partial charge in [0.05, 0.1) is 36.2 Å². The molecule has 0 fully saturated rings. The molecule has 0 aliphatic heterocycles. The number of nitrogens with one attached hydrogen (secondary N) is 1. The maximum absolute atomic E-state index is 15.3. The van der Waals surface area contributed by atoms with E-state index in [4.69, 9.17) is 5.11 Å². The number of benzene rings is 2. The molecule has 0 saturated heterocycles. The summed E-state index contributed by atoms with van der Waals surface area (Å²) in [6.45, 7) is 5.45. The van der Waals surface area contributed by atoms with Crippen LogP contribution >= 0.6 is 11.8 Å². The Morgan fingerprint density at radius 3 is 2.49 bits per heavy atom. The second kappa shape index (κ2) is 12.1. The lowest BCUT2D eigenvalue weighted by atomic mass is 9.86. The van der Waals surface area contributed by atoms with Gasteiger partial charge in [-0.2, -0.15) is 14.9 Å². The van der Waals surface area contributed by atoms with Crippen LogP contribution in [0.1, 0.15) is 31.9 Å². The van der Waals surface area contributed by atoms with Gasteiger partial charge in [-0.25, -0.2) is 14.1 Å². The number of aliphatic hydroxyl groups excluding tert-OH is 2. The average Bonchev–Trinajstić information content (AvgIpc) is 2.98. The van der Waals surface area contributed by atoms with Crippen molar-refractivity contribution in [1.82, 2.24) is 24.5 Å². The third-order valence-corrected chi connectivity index (χ3v) is 7.90. The molecule has 3 N–H and O–H groups in total. The fourth-order valence-electron chi connectivity index (χ4n) is 4.69. The Balaban J connectivity index is 1.58. The number of hydrogen-bond acceptors (Lipinski definition) is 9. The average molecular weight is 603 g/mol. The zero-order valence-electron chi connectivity index (χ0n) is 24.1. The molecule has 0 bridgehead atoms. The number of aromatic nitrogens is 5. The summed E-state index contributed by atoms with van der Waals surface area (Å²) in [6, 6.07) is 13.2. The minimum Gasteiger partial charge on any atom is -0.396 e. The second-order valence-corrected chi connectivity index (χ2v) is 12.1. The van der Waals surface area contributed by atoms with Gasteiger partial charge in [0.15, 0.2) is 0 Å². The Hall–Kier alpha value is -4.39. The monoisotopic (exact) mass is 602 g/mol. The number of rotatable bonds is 8. The zero-order chi connectivity index (χ0) is 30.9. The number of halogens is 1. The van der Waals surface area contributed by atoms with E-state index in [1.54, 1.807) is 42.6 Å². The maximum Gasteiger partial charge on any atom is 0.290 e. The summed E-state index contributed by atoms with van der Waals surface area (Å²) >= 11 is 1.46. The highest BCUT2D eigenvalue weighted by Gasteiger charge is 2.21. The molecular weight excluding hydrogens is 571 g/mol. The lowest BCUT2D eigenvalue weighted by Gasteiger charge is -2.20. The van der Waals surface area contributed by atoms with Gasteiger partial charge in [-0.15, -0.1) is 11.8 Å². The third-order valence-electron chi connectivity index (χ3n) is 6.94. The molecule has 5 rings (SSSR count). The Labute approximate surface area is 250 Å². The number of aryl methyl sites for hydroxylation is 1. The molecule has 0 radical (unpaired) electrons. The van der Waals surface area contributed by atoms with E-state index in [1.165, 1.54) is 35.8 Å². The van der Waals surface area contributed by atoms with Gasteiger partial charge in [-0.1, -0.05) is 32.9 Å². The normalized spacial score (nSPS) is 11.7. The molecule has 3 heterocycles. The molecule has 222 valence electrons. The van der Waals surface area contributed by atoms with Crippen LogP contribution in [0.4, 0.5) is 15.9 Å². The third kappa shape index (κ3) is 6.07. The van der Waals surface area contributed by atoms with E-state index in [2.05, 4.69) is 20.5 Å². The molecule has 10 nitrogen and oxygen atoms in total. The zero-order valence-corrected chi connectivity index (χ0v) is 24.9. The summed E-state index contributed by atoms with van der Waals surface area (Å²) in [6.07, 6.45) is 3.08. The van der Waals surface area contributed by atoms with Crippen LogP contribution in [-0.2, 0) is 19.1 Å². The first kappa shape index (κ1) is 30.1. The van der Waals surface area contributed by atoms with Crippen LogP contribution in [0.3, 0.4) is 0 Å². The molecule has 5 aromatic rings. The lowest BCUT2D eigenvalue weighted by Crippen LogP contribution is -2.24. The molecular formula is C31H31FN6O4S. The fraction of sp³-hybridized carbons (Fsp3) is 0.258. The van der Waals surface area contributed by atoms with E-state index in [0.717, 1.165) is 15.1 Å². The summed E-state index contributed by atoms with van der Waals surface area (Å²) in [5, 5.41) is 31.5. The summed E-state index contributed by atoms with van der Waals surface area (Å²) in [5.41, 5.74) is 0.942. The summed E-state index contributed by atoms with van der Waals surface area (Å²) < 4.78 is 17.5. The SMILES string of the molecule is Cn1nc(-c2cccc(-n3ncc4cc(C(C)(C)C)cc(F)c4c3=O)c2CO)cc(Nc2ccc(SCCO)cn2)c1=O. The van der Waals surface area contributed by atoms with Gasteiger partial charge in [0.25, 0.3) is 11.1 Å². The molecule has 0 spiro atoms. The summed E-state index contributed by atoms with van der Waals surface area (Å²) in [5.74, 6) is 0.333. The minimum absolute atomic E-state index is 0.0538. The standard InChI is InChI=1S/C31H31FN6O4S/c1-31(2,3)19-12-18-15-34-38(30(42)28(18)23(32)13-19)26-7-5-6-21(22(26)17-40)24-14-25(29(41)37(4)36-24)35-27-9-8-20(16-33-27)43-11-10-39/h5-9,12-16,39-40H,10-11,17H2,1-4H3,(H,33,35). The highest BCUT2D eigenvalue weighted by Crippen LogP contribution is 2.30. The van der Waals surface area contributed by atoms with Crippen molar-refractivity contribution in [3.63, 3.8) is 0 Å². The van der Waals surface area contributed by atoms with E-state index >= 15 is 4.39 Å². The first-order chi connectivity index (χ1) is 20.5. The van der Waals surface area contributed by atoms with Gasteiger partial charge in [0, 0.05) is 40.4 Å². The number of fused-ring (bicyclic) bond motifs is 1. The van der Waals surface area contributed by atoms with Crippen LogP contribution in [-0.4, -0.2) is 47.1 Å². The molecule has 12 heteroatoms. The number of aliphatic hydroxyl groups is 2. The maximum atomic E-state index is 15.3. The largest absolute Gasteiger partial charge is 0.396 e. The summed E-state index contributed by atoms with van der Waals surface area (Å²) in [7, 11) is 1.51. The van der Waals surface area contributed by atoms with Gasteiger partial charge in [-0.3, -0.25) is 9.59 Å². The number of hydrogen-bond donors (Lipinski definition) is 3. The first-order valence-electron chi connectivity index (χ1n) is 13.5. The minimum atomic E-state index is -0.662. The van der Waals surface area contributed by atoms with Crippen molar-refractivity contribution in [1.29, 1.82) is 0 Å². The van der Waals surface area contributed by atoms with Crippen molar-refractivity contribution in [3.05, 3.63) is 98.6 Å². The van der Waals surface area contributed by atoms with Crippen molar-refractivity contribution in [3.8, 4) is 16.9 Å². The lowest BCUT2D eigenvalue weighted by molar-refractivity contribution is 0.281. The van der Waals surface area contributed by atoms with Crippen molar-refractivity contribution in [2.45, 2.75) is 37.7 Å². The van der Waals surface area contributed by atoms with Gasteiger partial charge >= 0.3 is 0 Å². The molecule has 3 aromatic heterocycles. The fourth-order valence-corrected chi connectivity index (χ4v) is 5.31. The number of thioether (sulfide) groups is 1. The molecule has 0 amide bonds. The molecule has 43 heavy (non-hydrogen) atoms. The van der Waals surface area contributed by atoms with Gasteiger partial charge in [0.1, 0.15) is 17.3 Å². The van der Waals surface area contributed by atoms with Crippen LogP contribution in [0.5, 0.6) is 0 Å². The van der Waals surface area contributed by atoms with Crippen molar-refractivity contribution >= 4 is 34.0 Å². The van der Waals surface area contributed by atoms with Gasteiger partial charge in [-0.05, 0) is 47.4 Å². The predicted molar refractivity (Wildman–Crippen MR) is 166 cm³/mol.